The summed E-state index contributed by atoms with van der Waals surface area (Å²) in [6, 6.07) is 12.8. The van der Waals surface area contributed by atoms with Gasteiger partial charge in [-0.15, -0.1) is 62.0 Å². The Bertz CT molecular complexity index is 715. The number of nitrogens with two attached hydrogens (primary N) is 1. The van der Waals surface area contributed by atoms with Crippen LogP contribution in [0.2, 0.25) is 0 Å². The highest BCUT2D eigenvalue weighted by Crippen LogP contribution is 2.23. The minimum absolute atomic E-state index is 0. The molecule has 2 aromatic rings. The lowest BCUT2D eigenvalue weighted by Gasteiger charge is -2.14. The predicted octanol–water partition coefficient (Wildman–Crippen LogP) is 6.40. The summed E-state index contributed by atoms with van der Waals surface area (Å²) in [5, 5.41) is 0. The summed E-state index contributed by atoms with van der Waals surface area (Å²) in [5.74, 6) is -0.253. The van der Waals surface area contributed by atoms with Crippen molar-refractivity contribution in [2.75, 3.05) is 0 Å². The summed E-state index contributed by atoms with van der Waals surface area (Å²) in [7, 11) is 0. The van der Waals surface area contributed by atoms with Gasteiger partial charge in [0.2, 0.25) is 5.91 Å². The molecule has 1 heterocycles. The first-order valence-corrected chi connectivity index (χ1v) is 9.06. The average molecular weight is 505 g/mol. The lowest BCUT2D eigenvalue weighted by atomic mass is 9.92. The minimum atomic E-state index is -0.181. The second-order valence-electron chi connectivity index (χ2n) is 6.86. The van der Waals surface area contributed by atoms with Crippen molar-refractivity contribution in [3.8, 4) is 11.3 Å². The summed E-state index contributed by atoms with van der Waals surface area (Å²) < 4.78 is 0. The Morgan fingerprint density at radius 1 is 0.862 bits per heavy atom. The van der Waals surface area contributed by atoms with Crippen LogP contribution in [0.15, 0.2) is 42.6 Å². The van der Waals surface area contributed by atoms with Crippen molar-refractivity contribution in [3.63, 3.8) is 0 Å². The van der Waals surface area contributed by atoms with E-state index >= 15 is 0 Å². The van der Waals surface area contributed by atoms with Crippen LogP contribution in [0.4, 0.5) is 0 Å². The summed E-state index contributed by atoms with van der Waals surface area (Å²) in [6.07, 6.45) is 10.5. The molecule has 166 valence electrons. The Labute approximate surface area is 205 Å². The first kappa shape index (κ1) is 32.9. The van der Waals surface area contributed by atoms with Crippen LogP contribution in [0.25, 0.3) is 11.3 Å². The van der Waals surface area contributed by atoms with Crippen molar-refractivity contribution in [1.82, 2.24) is 4.98 Å². The number of aryl methyl sites for hydroxylation is 1. The molecule has 0 saturated heterocycles. The fraction of sp³-hybridized carbons (Fsp3) is 0.429. The van der Waals surface area contributed by atoms with E-state index in [1.54, 1.807) is 0 Å². The van der Waals surface area contributed by atoms with E-state index in [0.29, 0.717) is 6.42 Å². The molecule has 29 heavy (non-hydrogen) atoms. The van der Waals surface area contributed by atoms with E-state index in [4.69, 9.17) is 5.73 Å². The van der Waals surface area contributed by atoms with Gasteiger partial charge in [-0.05, 0) is 55.0 Å². The van der Waals surface area contributed by atoms with Gasteiger partial charge in [0.1, 0.15) is 0 Å². The van der Waals surface area contributed by atoms with Gasteiger partial charge < -0.3 is 5.73 Å². The number of rotatable bonds is 1. The van der Waals surface area contributed by atoms with E-state index in [9.17, 15) is 4.79 Å². The van der Waals surface area contributed by atoms with Crippen molar-refractivity contribution in [2.45, 2.75) is 51.4 Å². The van der Waals surface area contributed by atoms with E-state index in [-0.39, 0.29) is 73.9 Å². The van der Waals surface area contributed by atoms with E-state index < -0.39 is 0 Å². The van der Waals surface area contributed by atoms with Crippen molar-refractivity contribution < 1.29 is 4.79 Å². The van der Waals surface area contributed by atoms with Gasteiger partial charge in [0, 0.05) is 17.7 Å². The molecule has 1 amide bonds. The first-order valence-electron chi connectivity index (χ1n) is 9.06. The Hall–Kier alpha value is -0.710. The van der Waals surface area contributed by atoms with Crippen LogP contribution in [0.1, 0.15) is 49.7 Å². The van der Waals surface area contributed by atoms with Gasteiger partial charge in [0.25, 0.3) is 0 Å². The van der Waals surface area contributed by atoms with Gasteiger partial charge >= 0.3 is 0 Å². The lowest BCUT2D eigenvalue weighted by Crippen LogP contribution is -2.25. The zero-order valence-corrected chi connectivity index (χ0v) is 20.3. The van der Waals surface area contributed by atoms with Crippen LogP contribution in [0.3, 0.4) is 0 Å². The zero-order chi connectivity index (χ0) is 16.8. The van der Waals surface area contributed by atoms with Gasteiger partial charge in [-0.2, -0.15) is 0 Å². The maximum Gasteiger partial charge on any atom is 0.220 e. The highest BCUT2D eigenvalue weighted by molar-refractivity contribution is 5.86. The highest BCUT2D eigenvalue weighted by Gasteiger charge is 2.16. The number of hydrogen-bond acceptors (Lipinski definition) is 2. The van der Waals surface area contributed by atoms with E-state index in [1.807, 2.05) is 12.3 Å². The van der Waals surface area contributed by atoms with Crippen LogP contribution in [0.5, 0.6) is 0 Å². The molecule has 1 aliphatic carbocycles. The molecule has 3 rings (SSSR count). The Morgan fingerprint density at radius 2 is 1.55 bits per heavy atom. The molecule has 0 saturated carbocycles. The largest absolute Gasteiger partial charge is 0.369 e. The molecule has 1 aromatic carbocycles. The number of fused-ring (bicyclic) bond motifs is 5. The monoisotopic (exact) mass is 502 g/mol. The number of nitrogens with zero attached hydrogens (tertiary/aromatic N) is 1. The number of carbonyl (C=O) groups is 1. The molecule has 8 heteroatoms. The molecular weight excluding hydrogens is 474 g/mol. The first-order chi connectivity index (χ1) is 11.7. The van der Waals surface area contributed by atoms with Gasteiger partial charge in [0.05, 0.1) is 5.69 Å². The number of hydrogen-bond donors (Lipinski definition) is 1. The molecule has 0 aliphatic heterocycles. The Kier molecular flexibility index (Phi) is 19.3. The molecule has 0 fully saturated rings. The molecule has 1 unspecified atom stereocenters. The molecule has 1 aromatic heterocycles. The number of amides is 1. The normalized spacial score (nSPS) is 15.8. The number of primary amides is 1. The van der Waals surface area contributed by atoms with Gasteiger partial charge in [-0.3, -0.25) is 9.78 Å². The zero-order valence-electron chi connectivity index (χ0n) is 16.2. The smallest absolute Gasteiger partial charge is 0.220 e. The molecule has 3 nitrogen and oxygen atoms in total. The maximum atomic E-state index is 11.8. The standard InChI is InChI=1S/C21H26N2O.5ClH/c22-21(24)19-9-5-3-1-2-4-7-16-8-6-10-18(13-16)20-15-17(14-19)11-12-23-20;;;;;/h6,8,10-13,15,19H,1-5,7,9,14H2,(H2,22,24);5*1H. The number of benzene rings is 1. The minimum Gasteiger partial charge on any atom is -0.369 e. The summed E-state index contributed by atoms with van der Waals surface area (Å²) in [6.45, 7) is 0. The van der Waals surface area contributed by atoms with Crippen molar-refractivity contribution >= 4 is 67.9 Å². The number of halogens is 5. The average Bonchev–Trinajstić information content (AvgIpc) is 2.60. The summed E-state index contributed by atoms with van der Waals surface area (Å²) in [4.78, 5) is 16.3. The molecule has 2 N–H and O–H groups in total. The van der Waals surface area contributed by atoms with E-state index in [2.05, 4.69) is 35.3 Å². The number of carbonyl (C=O) groups excluding carboxylic acids is 1. The second-order valence-corrected chi connectivity index (χ2v) is 6.86. The van der Waals surface area contributed by atoms with Crippen LogP contribution < -0.4 is 5.73 Å². The number of aromatic nitrogens is 1. The third-order valence-electron chi connectivity index (χ3n) is 4.95. The molecule has 4 bridgehead atoms. The second kappa shape index (κ2) is 17.0. The third kappa shape index (κ3) is 10.2. The van der Waals surface area contributed by atoms with Crippen molar-refractivity contribution in [1.29, 1.82) is 0 Å². The summed E-state index contributed by atoms with van der Waals surface area (Å²) in [5.41, 5.74) is 10.3. The van der Waals surface area contributed by atoms with Crippen LogP contribution >= 0.6 is 62.0 Å². The maximum absolute atomic E-state index is 11.8. The molecular formula is C21H31Cl5N2O. The Morgan fingerprint density at radius 3 is 2.28 bits per heavy atom. The molecule has 1 atom stereocenters. The fourth-order valence-electron chi connectivity index (χ4n) is 3.52. The van der Waals surface area contributed by atoms with Gasteiger partial charge in [-0.1, -0.05) is 43.9 Å². The molecule has 0 spiro atoms. The topological polar surface area (TPSA) is 56.0 Å². The molecule has 1 aliphatic rings. The van der Waals surface area contributed by atoms with E-state index in [1.165, 1.54) is 31.2 Å². The highest BCUT2D eigenvalue weighted by atomic mass is 35.5. The quantitative estimate of drug-likeness (QED) is 0.489. The van der Waals surface area contributed by atoms with Crippen molar-refractivity contribution in [2.24, 2.45) is 11.7 Å². The van der Waals surface area contributed by atoms with Gasteiger partial charge in [-0.25, -0.2) is 0 Å². The van der Waals surface area contributed by atoms with E-state index in [0.717, 1.165) is 36.1 Å². The number of pyridine rings is 1. The van der Waals surface area contributed by atoms with Gasteiger partial charge in [0.15, 0.2) is 0 Å². The third-order valence-corrected chi connectivity index (χ3v) is 4.95. The SMILES string of the molecule is Cl.Cl.Cl.Cl.Cl.NC(=O)C1CCCCCCCc2cccc(c2)-c2cc(ccn2)C1. The van der Waals surface area contributed by atoms with Crippen LogP contribution in [-0.2, 0) is 17.6 Å². The summed E-state index contributed by atoms with van der Waals surface area (Å²) >= 11 is 0. The predicted molar refractivity (Wildman–Crippen MR) is 134 cm³/mol. The van der Waals surface area contributed by atoms with Crippen LogP contribution in [0, 0.1) is 5.92 Å². The Balaban J connectivity index is -0.00000135. The fourth-order valence-corrected chi connectivity index (χ4v) is 3.52. The van der Waals surface area contributed by atoms with Crippen LogP contribution in [-0.4, -0.2) is 10.9 Å². The molecule has 0 radical (unpaired) electrons. The van der Waals surface area contributed by atoms with Crippen molar-refractivity contribution in [3.05, 3.63) is 53.7 Å². The lowest BCUT2D eigenvalue weighted by molar-refractivity contribution is -0.122.